The molecule has 0 spiro atoms. The third kappa shape index (κ3) is 3.14. The van der Waals surface area contributed by atoms with Gasteiger partial charge in [-0.05, 0) is 48.8 Å². The van der Waals surface area contributed by atoms with Gasteiger partial charge in [0.2, 0.25) is 0 Å². The standard InChI is InChI=1S/C17H26N2O/c1-12-5-6-13(11-15(12)18)16(20)19-9-7-14(8-10-19)17(2,3)4/h5-6,11,14H,7-10,18H2,1-4H3. The zero-order chi connectivity index (χ0) is 14.9. The molecule has 0 radical (unpaired) electrons. The van der Waals surface area contributed by atoms with Crippen LogP contribution in [0.1, 0.15) is 49.5 Å². The normalized spacial score (nSPS) is 17.3. The summed E-state index contributed by atoms with van der Waals surface area (Å²) in [5.41, 5.74) is 8.66. The van der Waals surface area contributed by atoms with Crippen LogP contribution in [0.15, 0.2) is 18.2 Å². The molecule has 0 unspecified atom stereocenters. The van der Waals surface area contributed by atoms with Crippen molar-refractivity contribution >= 4 is 11.6 Å². The fourth-order valence-corrected chi connectivity index (χ4v) is 2.90. The first-order valence-corrected chi connectivity index (χ1v) is 7.44. The highest BCUT2D eigenvalue weighted by Crippen LogP contribution is 2.34. The molecule has 1 aromatic rings. The Hall–Kier alpha value is -1.51. The average Bonchev–Trinajstić information content (AvgIpc) is 2.40. The summed E-state index contributed by atoms with van der Waals surface area (Å²) in [6.45, 7) is 10.5. The smallest absolute Gasteiger partial charge is 0.253 e. The summed E-state index contributed by atoms with van der Waals surface area (Å²) in [5, 5.41) is 0. The number of nitrogens with two attached hydrogens (primary N) is 1. The van der Waals surface area contributed by atoms with Crippen molar-refractivity contribution in [3.63, 3.8) is 0 Å². The maximum absolute atomic E-state index is 12.5. The molecule has 2 rings (SSSR count). The highest BCUT2D eigenvalue weighted by Gasteiger charge is 2.30. The Balaban J connectivity index is 2.03. The molecule has 3 heteroatoms. The van der Waals surface area contributed by atoms with Gasteiger partial charge in [0, 0.05) is 24.3 Å². The molecule has 110 valence electrons. The van der Waals surface area contributed by atoms with Gasteiger partial charge in [-0.2, -0.15) is 0 Å². The summed E-state index contributed by atoms with van der Waals surface area (Å²) in [6.07, 6.45) is 2.19. The Morgan fingerprint density at radius 3 is 2.35 bits per heavy atom. The first-order chi connectivity index (χ1) is 9.29. The molecule has 0 saturated carbocycles. The van der Waals surface area contributed by atoms with E-state index in [0.29, 0.717) is 22.6 Å². The number of amides is 1. The Morgan fingerprint density at radius 2 is 1.85 bits per heavy atom. The summed E-state index contributed by atoms with van der Waals surface area (Å²) in [6, 6.07) is 5.60. The fraction of sp³-hybridized carbons (Fsp3) is 0.588. The van der Waals surface area contributed by atoms with E-state index in [2.05, 4.69) is 20.8 Å². The second kappa shape index (κ2) is 5.47. The molecule has 3 nitrogen and oxygen atoms in total. The Kier molecular flexibility index (Phi) is 4.07. The average molecular weight is 274 g/mol. The van der Waals surface area contributed by atoms with Crippen molar-refractivity contribution in [1.82, 2.24) is 4.90 Å². The van der Waals surface area contributed by atoms with Gasteiger partial charge in [-0.15, -0.1) is 0 Å². The van der Waals surface area contributed by atoms with Crippen LogP contribution < -0.4 is 5.73 Å². The molecule has 1 aliphatic rings. The van der Waals surface area contributed by atoms with Crippen molar-refractivity contribution in [1.29, 1.82) is 0 Å². The second-order valence-corrected chi connectivity index (χ2v) is 7.00. The Labute approximate surface area is 122 Å². The van der Waals surface area contributed by atoms with Gasteiger partial charge in [-0.1, -0.05) is 26.8 Å². The van der Waals surface area contributed by atoms with Crippen molar-refractivity contribution in [3.8, 4) is 0 Å². The van der Waals surface area contributed by atoms with Gasteiger partial charge in [0.25, 0.3) is 5.91 Å². The van der Waals surface area contributed by atoms with Crippen molar-refractivity contribution in [2.75, 3.05) is 18.8 Å². The van der Waals surface area contributed by atoms with Crippen molar-refractivity contribution in [2.24, 2.45) is 11.3 Å². The zero-order valence-corrected chi connectivity index (χ0v) is 13.1. The van der Waals surface area contributed by atoms with E-state index in [4.69, 9.17) is 5.73 Å². The van der Waals surface area contributed by atoms with E-state index in [1.807, 2.05) is 24.0 Å². The predicted molar refractivity (Wildman–Crippen MR) is 83.7 cm³/mol. The second-order valence-electron chi connectivity index (χ2n) is 7.00. The first kappa shape index (κ1) is 14.9. The third-order valence-electron chi connectivity index (χ3n) is 4.53. The van der Waals surface area contributed by atoms with Crippen LogP contribution >= 0.6 is 0 Å². The van der Waals surface area contributed by atoms with Gasteiger partial charge in [-0.25, -0.2) is 0 Å². The van der Waals surface area contributed by atoms with Crippen LogP contribution in [0.3, 0.4) is 0 Å². The van der Waals surface area contributed by atoms with Crippen LogP contribution in [0.4, 0.5) is 5.69 Å². The van der Waals surface area contributed by atoms with Gasteiger partial charge < -0.3 is 10.6 Å². The number of piperidine rings is 1. The van der Waals surface area contributed by atoms with Crippen LogP contribution in [0, 0.1) is 18.3 Å². The minimum Gasteiger partial charge on any atom is -0.398 e. The first-order valence-electron chi connectivity index (χ1n) is 7.44. The number of nitrogen functional groups attached to an aromatic ring is 1. The number of carbonyl (C=O) groups excluding carboxylic acids is 1. The van der Waals surface area contributed by atoms with Gasteiger partial charge in [0.15, 0.2) is 0 Å². The number of nitrogens with zero attached hydrogens (tertiary/aromatic N) is 1. The SMILES string of the molecule is Cc1ccc(C(=O)N2CCC(C(C)(C)C)CC2)cc1N. The van der Waals surface area contributed by atoms with Crippen LogP contribution in [0.2, 0.25) is 0 Å². The molecule has 1 aliphatic heterocycles. The predicted octanol–water partition coefficient (Wildman–Crippen LogP) is 3.48. The molecule has 0 aromatic heterocycles. The topological polar surface area (TPSA) is 46.3 Å². The number of benzene rings is 1. The third-order valence-corrected chi connectivity index (χ3v) is 4.53. The molecule has 1 saturated heterocycles. The lowest BCUT2D eigenvalue weighted by molar-refractivity contribution is 0.0609. The summed E-state index contributed by atoms with van der Waals surface area (Å²) in [7, 11) is 0. The van der Waals surface area contributed by atoms with Crippen LogP contribution in [0.25, 0.3) is 0 Å². The number of aryl methyl sites for hydroxylation is 1. The Morgan fingerprint density at radius 1 is 1.25 bits per heavy atom. The highest BCUT2D eigenvalue weighted by molar-refractivity contribution is 5.95. The summed E-state index contributed by atoms with van der Waals surface area (Å²) in [5.74, 6) is 0.818. The van der Waals surface area contributed by atoms with E-state index in [9.17, 15) is 4.79 Å². The van der Waals surface area contributed by atoms with Crippen molar-refractivity contribution < 1.29 is 4.79 Å². The molecule has 1 aromatic carbocycles. The molecule has 1 fully saturated rings. The zero-order valence-electron chi connectivity index (χ0n) is 13.1. The molecular weight excluding hydrogens is 248 g/mol. The summed E-state index contributed by atoms with van der Waals surface area (Å²) in [4.78, 5) is 14.5. The number of hydrogen-bond acceptors (Lipinski definition) is 2. The number of carbonyl (C=O) groups is 1. The van der Waals surface area contributed by atoms with Gasteiger partial charge >= 0.3 is 0 Å². The lowest BCUT2D eigenvalue weighted by atomic mass is 9.75. The monoisotopic (exact) mass is 274 g/mol. The maximum Gasteiger partial charge on any atom is 0.253 e. The van der Waals surface area contributed by atoms with Crippen LogP contribution in [0.5, 0.6) is 0 Å². The van der Waals surface area contributed by atoms with Gasteiger partial charge in [0.1, 0.15) is 0 Å². The lowest BCUT2D eigenvalue weighted by Gasteiger charge is -2.38. The fourth-order valence-electron chi connectivity index (χ4n) is 2.90. The van der Waals surface area contributed by atoms with Crippen molar-refractivity contribution in [2.45, 2.75) is 40.5 Å². The minimum absolute atomic E-state index is 0.115. The number of anilines is 1. The quantitative estimate of drug-likeness (QED) is 0.797. The summed E-state index contributed by atoms with van der Waals surface area (Å²) < 4.78 is 0. The molecule has 20 heavy (non-hydrogen) atoms. The molecular formula is C17H26N2O. The van der Waals surface area contributed by atoms with E-state index in [0.717, 1.165) is 31.5 Å². The summed E-state index contributed by atoms with van der Waals surface area (Å²) >= 11 is 0. The van der Waals surface area contributed by atoms with E-state index >= 15 is 0 Å². The van der Waals surface area contributed by atoms with E-state index in [1.54, 1.807) is 6.07 Å². The molecule has 0 aliphatic carbocycles. The molecule has 0 bridgehead atoms. The van der Waals surface area contributed by atoms with Gasteiger partial charge in [-0.3, -0.25) is 4.79 Å². The van der Waals surface area contributed by atoms with Crippen molar-refractivity contribution in [3.05, 3.63) is 29.3 Å². The molecule has 1 heterocycles. The van der Waals surface area contributed by atoms with Crippen LogP contribution in [-0.2, 0) is 0 Å². The largest absolute Gasteiger partial charge is 0.398 e. The number of hydrogen-bond donors (Lipinski definition) is 1. The maximum atomic E-state index is 12.5. The lowest BCUT2D eigenvalue weighted by Crippen LogP contribution is -2.41. The van der Waals surface area contributed by atoms with E-state index in [1.165, 1.54) is 0 Å². The number of likely N-dealkylation sites (tertiary alicyclic amines) is 1. The highest BCUT2D eigenvalue weighted by atomic mass is 16.2. The molecule has 1 amide bonds. The Bertz CT molecular complexity index is 494. The molecule has 0 atom stereocenters. The minimum atomic E-state index is 0.115. The number of rotatable bonds is 1. The van der Waals surface area contributed by atoms with Gasteiger partial charge in [0.05, 0.1) is 0 Å². The molecule has 2 N–H and O–H groups in total. The van der Waals surface area contributed by atoms with E-state index in [-0.39, 0.29) is 5.91 Å². The van der Waals surface area contributed by atoms with Crippen LogP contribution in [-0.4, -0.2) is 23.9 Å². The van der Waals surface area contributed by atoms with E-state index < -0.39 is 0 Å².